The van der Waals surface area contributed by atoms with Crippen LogP contribution in [0.4, 0.5) is 0 Å². The number of imidazole rings is 1. The molecule has 9 N–H and O–H groups in total. The minimum atomic E-state index is -1.56. The summed E-state index contributed by atoms with van der Waals surface area (Å²) in [5.41, 5.74) is 9.25. The van der Waals surface area contributed by atoms with E-state index in [0.717, 1.165) is 16.5 Å². The van der Waals surface area contributed by atoms with Gasteiger partial charge in [-0.15, -0.1) is 0 Å². The van der Waals surface area contributed by atoms with E-state index >= 15 is 0 Å². The van der Waals surface area contributed by atoms with Crippen LogP contribution in [0.25, 0.3) is 10.9 Å². The second-order valence-corrected chi connectivity index (χ2v) is 9.85. The molecule has 2 aromatic heterocycles. The van der Waals surface area contributed by atoms with Gasteiger partial charge in [0.05, 0.1) is 19.0 Å². The first-order valence-corrected chi connectivity index (χ1v) is 13.3. The Morgan fingerprint density at radius 2 is 1.45 bits per heavy atom. The lowest BCUT2D eigenvalue weighted by Gasteiger charge is -2.25. The maximum absolute atomic E-state index is 13.6. The van der Waals surface area contributed by atoms with Crippen molar-refractivity contribution in [2.45, 2.75) is 43.4 Å². The third kappa shape index (κ3) is 7.80. The summed E-state index contributed by atoms with van der Waals surface area (Å²) >= 11 is 0. The van der Waals surface area contributed by atoms with Gasteiger partial charge in [0.2, 0.25) is 17.7 Å². The zero-order chi connectivity index (χ0) is 30.1. The molecule has 0 aliphatic carbocycles. The van der Waals surface area contributed by atoms with E-state index in [4.69, 9.17) is 5.73 Å². The molecule has 0 radical (unpaired) electrons. The van der Waals surface area contributed by atoms with Gasteiger partial charge in [-0.1, -0.05) is 48.5 Å². The van der Waals surface area contributed by atoms with Crippen LogP contribution in [-0.4, -0.2) is 79.6 Å². The number of rotatable bonds is 14. The van der Waals surface area contributed by atoms with Crippen molar-refractivity contribution in [1.82, 2.24) is 30.9 Å². The van der Waals surface area contributed by atoms with E-state index < -0.39 is 54.5 Å². The molecule has 4 aromatic rings. The van der Waals surface area contributed by atoms with Crippen LogP contribution in [0.3, 0.4) is 0 Å². The van der Waals surface area contributed by atoms with Gasteiger partial charge in [-0.3, -0.25) is 14.4 Å². The number of aromatic amines is 2. The van der Waals surface area contributed by atoms with Crippen molar-refractivity contribution in [2.75, 3.05) is 6.61 Å². The van der Waals surface area contributed by atoms with E-state index in [-0.39, 0.29) is 19.3 Å². The SMILES string of the molecule is NC(Cc1c[nH]c2ccccc12)C(=O)NC(Cc1cnc[nH]1)C(=O)NC(Cc1ccccc1)C(=O)NC(CO)C(=O)O. The Kier molecular flexibility index (Phi) is 10.0. The van der Waals surface area contributed by atoms with Crippen molar-refractivity contribution in [2.24, 2.45) is 5.73 Å². The molecular weight excluding hydrogens is 542 g/mol. The molecule has 0 aliphatic rings. The van der Waals surface area contributed by atoms with Gasteiger partial charge in [0, 0.05) is 41.8 Å². The fraction of sp³-hybridized carbons (Fsp3) is 0.276. The second kappa shape index (κ2) is 14.1. The smallest absolute Gasteiger partial charge is 0.328 e. The molecule has 4 unspecified atom stereocenters. The number of amides is 3. The van der Waals surface area contributed by atoms with Crippen LogP contribution >= 0.6 is 0 Å². The molecule has 0 aliphatic heterocycles. The first-order valence-electron chi connectivity index (χ1n) is 13.3. The number of hydrogen-bond acceptors (Lipinski definition) is 7. The predicted octanol–water partition coefficient (Wildman–Crippen LogP) is -0.222. The van der Waals surface area contributed by atoms with E-state index in [0.29, 0.717) is 11.3 Å². The molecule has 0 fully saturated rings. The summed E-state index contributed by atoms with van der Waals surface area (Å²) in [6.07, 6.45) is 4.99. The highest BCUT2D eigenvalue weighted by atomic mass is 16.4. The molecule has 220 valence electrons. The van der Waals surface area contributed by atoms with Crippen molar-refractivity contribution in [3.8, 4) is 0 Å². The maximum Gasteiger partial charge on any atom is 0.328 e. The number of carboxylic acid groups (broad SMARTS) is 1. The molecule has 13 heteroatoms. The monoisotopic (exact) mass is 575 g/mol. The van der Waals surface area contributed by atoms with Gasteiger partial charge in [0.1, 0.15) is 18.1 Å². The molecule has 0 spiro atoms. The lowest BCUT2D eigenvalue weighted by Crippen LogP contribution is -2.58. The molecule has 3 amide bonds. The second-order valence-electron chi connectivity index (χ2n) is 9.85. The standard InChI is InChI=1S/C29H33N7O6/c30-21(11-18-13-32-22-9-5-4-8-20(18)22)26(38)34-24(12-19-14-31-16-33-19)28(40)35-23(10-17-6-2-1-3-7-17)27(39)36-25(15-37)29(41)42/h1-9,13-14,16,21,23-25,32,37H,10-12,15,30H2,(H,31,33)(H,34,38)(H,35,40)(H,36,39)(H,41,42). The van der Waals surface area contributed by atoms with Gasteiger partial charge in [-0.25, -0.2) is 9.78 Å². The van der Waals surface area contributed by atoms with E-state index in [9.17, 15) is 29.4 Å². The van der Waals surface area contributed by atoms with E-state index in [2.05, 4.69) is 30.9 Å². The van der Waals surface area contributed by atoms with Crippen LogP contribution in [-0.2, 0) is 38.4 Å². The number of aliphatic hydroxyl groups excluding tert-OH is 1. The summed E-state index contributed by atoms with van der Waals surface area (Å²) in [7, 11) is 0. The highest BCUT2D eigenvalue weighted by Crippen LogP contribution is 2.19. The van der Waals surface area contributed by atoms with Gasteiger partial charge in [-0.05, 0) is 23.6 Å². The topological polar surface area (TPSA) is 215 Å². The number of aliphatic carboxylic acids is 1. The molecule has 0 saturated carbocycles. The largest absolute Gasteiger partial charge is 0.480 e. The number of benzene rings is 2. The number of aliphatic hydroxyl groups is 1. The zero-order valence-corrected chi connectivity index (χ0v) is 22.6. The molecule has 0 bridgehead atoms. The molecular formula is C29H33N7O6. The zero-order valence-electron chi connectivity index (χ0n) is 22.6. The van der Waals surface area contributed by atoms with Crippen LogP contribution in [0.2, 0.25) is 0 Å². The summed E-state index contributed by atoms with van der Waals surface area (Å²) in [6, 6.07) is 11.5. The Labute approximate surface area is 240 Å². The van der Waals surface area contributed by atoms with Gasteiger partial charge >= 0.3 is 5.97 Å². The number of carboxylic acids is 1. The number of nitrogens with zero attached hydrogens (tertiary/aromatic N) is 1. The van der Waals surface area contributed by atoms with Crippen LogP contribution in [0.1, 0.15) is 16.8 Å². The minimum Gasteiger partial charge on any atom is -0.480 e. The van der Waals surface area contributed by atoms with Crippen molar-refractivity contribution in [3.05, 3.63) is 90.1 Å². The normalized spacial score (nSPS) is 14.0. The molecule has 0 saturated heterocycles. The Morgan fingerprint density at radius 3 is 2.12 bits per heavy atom. The summed E-state index contributed by atoms with van der Waals surface area (Å²) in [6.45, 7) is -0.833. The third-order valence-electron chi connectivity index (χ3n) is 6.78. The number of hydrogen-bond donors (Lipinski definition) is 8. The molecule has 2 aromatic carbocycles. The molecule has 4 rings (SSSR count). The average Bonchev–Trinajstić information content (AvgIpc) is 3.65. The highest BCUT2D eigenvalue weighted by molar-refractivity contribution is 5.94. The number of fused-ring (bicyclic) bond motifs is 1. The summed E-state index contributed by atoms with van der Waals surface area (Å²) < 4.78 is 0. The Hall–Kier alpha value is -5.01. The highest BCUT2D eigenvalue weighted by Gasteiger charge is 2.31. The minimum absolute atomic E-state index is 0.0193. The Balaban J connectivity index is 1.51. The summed E-state index contributed by atoms with van der Waals surface area (Å²) in [5.74, 6) is -3.50. The van der Waals surface area contributed by atoms with Crippen LogP contribution < -0.4 is 21.7 Å². The van der Waals surface area contributed by atoms with Gasteiger partial charge in [0.15, 0.2) is 0 Å². The number of carbonyl (C=O) groups excluding carboxylic acids is 3. The number of nitrogens with two attached hydrogens (primary N) is 1. The van der Waals surface area contributed by atoms with Gasteiger partial charge in [-0.2, -0.15) is 0 Å². The fourth-order valence-electron chi connectivity index (χ4n) is 4.52. The van der Waals surface area contributed by atoms with Gasteiger partial charge < -0.3 is 41.9 Å². The van der Waals surface area contributed by atoms with Crippen molar-refractivity contribution >= 4 is 34.6 Å². The average molecular weight is 576 g/mol. The van der Waals surface area contributed by atoms with Gasteiger partial charge in [0.25, 0.3) is 0 Å². The Morgan fingerprint density at radius 1 is 0.810 bits per heavy atom. The molecule has 42 heavy (non-hydrogen) atoms. The fourth-order valence-corrected chi connectivity index (χ4v) is 4.52. The third-order valence-corrected chi connectivity index (χ3v) is 6.78. The van der Waals surface area contributed by atoms with E-state index in [1.807, 2.05) is 24.3 Å². The van der Waals surface area contributed by atoms with Crippen LogP contribution in [0, 0.1) is 0 Å². The maximum atomic E-state index is 13.6. The number of H-pyrrole nitrogens is 2. The van der Waals surface area contributed by atoms with E-state index in [1.54, 1.807) is 36.5 Å². The summed E-state index contributed by atoms with van der Waals surface area (Å²) in [5, 5.41) is 27.2. The summed E-state index contributed by atoms with van der Waals surface area (Å²) in [4.78, 5) is 61.2. The predicted molar refractivity (Wildman–Crippen MR) is 153 cm³/mol. The lowest BCUT2D eigenvalue weighted by atomic mass is 10.0. The molecule has 2 heterocycles. The number of para-hydroxylation sites is 1. The quantitative estimate of drug-likeness (QED) is 0.100. The number of nitrogens with one attached hydrogen (secondary N) is 5. The van der Waals surface area contributed by atoms with Crippen molar-refractivity contribution in [3.63, 3.8) is 0 Å². The van der Waals surface area contributed by atoms with Crippen molar-refractivity contribution < 1.29 is 29.4 Å². The Bertz CT molecular complexity index is 1510. The number of carbonyl (C=O) groups is 4. The van der Waals surface area contributed by atoms with Crippen LogP contribution in [0.5, 0.6) is 0 Å². The first kappa shape index (κ1) is 30.0. The molecule has 4 atom stereocenters. The first-order chi connectivity index (χ1) is 20.2. The van der Waals surface area contributed by atoms with E-state index in [1.165, 1.54) is 12.5 Å². The van der Waals surface area contributed by atoms with Crippen molar-refractivity contribution in [1.29, 1.82) is 0 Å². The van der Waals surface area contributed by atoms with Crippen LogP contribution in [0.15, 0.2) is 73.3 Å². The molecule has 13 nitrogen and oxygen atoms in total. The lowest BCUT2D eigenvalue weighted by molar-refractivity contribution is -0.143. The number of aromatic nitrogens is 3.